The zero-order valence-electron chi connectivity index (χ0n) is 17.5. The molecule has 11 heteroatoms. The molecule has 0 radical (unpaired) electrons. The molecule has 0 saturated carbocycles. The second-order valence-electron chi connectivity index (χ2n) is 6.96. The van der Waals surface area contributed by atoms with E-state index in [1.54, 1.807) is 18.5 Å². The van der Waals surface area contributed by atoms with E-state index in [2.05, 4.69) is 15.1 Å². The van der Waals surface area contributed by atoms with Crippen molar-refractivity contribution in [2.45, 2.75) is 30.6 Å². The summed E-state index contributed by atoms with van der Waals surface area (Å²) in [6.07, 6.45) is 4.64. The summed E-state index contributed by atoms with van der Waals surface area (Å²) >= 11 is 0. The number of aromatic nitrogens is 3. The van der Waals surface area contributed by atoms with Crippen LogP contribution in [-0.4, -0.2) is 54.0 Å². The Kier molecular flexibility index (Phi) is 8.01. The van der Waals surface area contributed by atoms with Gasteiger partial charge in [-0.2, -0.15) is 4.98 Å². The maximum Gasteiger partial charge on any atom is 0.305 e. The molecule has 0 bridgehead atoms. The summed E-state index contributed by atoms with van der Waals surface area (Å²) in [5.74, 6) is -0.0427. The molecule has 9 nitrogen and oxygen atoms in total. The lowest BCUT2D eigenvalue weighted by Gasteiger charge is -2.16. The average molecular weight is 463 g/mol. The van der Waals surface area contributed by atoms with Crippen molar-refractivity contribution in [1.29, 1.82) is 0 Å². The van der Waals surface area contributed by atoms with Gasteiger partial charge >= 0.3 is 5.97 Å². The third-order valence-electron chi connectivity index (χ3n) is 4.56. The molecule has 3 aromatic rings. The van der Waals surface area contributed by atoms with E-state index in [4.69, 9.17) is 9.26 Å². The summed E-state index contributed by atoms with van der Waals surface area (Å²) in [6, 6.07) is 8.20. The first-order chi connectivity index (χ1) is 15.4. The first-order valence-electron chi connectivity index (χ1n) is 9.97. The molecule has 0 aliphatic heterocycles. The Morgan fingerprint density at radius 2 is 1.97 bits per heavy atom. The molecule has 0 saturated heterocycles. The number of hydrogen-bond acceptors (Lipinski definition) is 8. The van der Waals surface area contributed by atoms with Crippen molar-refractivity contribution in [2.75, 3.05) is 20.2 Å². The van der Waals surface area contributed by atoms with Crippen LogP contribution in [0.4, 0.5) is 4.39 Å². The fourth-order valence-electron chi connectivity index (χ4n) is 2.80. The largest absolute Gasteiger partial charge is 0.466 e. The highest BCUT2D eigenvalue weighted by molar-refractivity contribution is 7.89. The van der Waals surface area contributed by atoms with Gasteiger partial charge in [0.25, 0.3) is 0 Å². The van der Waals surface area contributed by atoms with E-state index >= 15 is 0 Å². The summed E-state index contributed by atoms with van der Waals surface area (Å²) in [7, 11) is -2.33. The van der Waals surface area contributed by atoms with Crippen LogP contribution in [0.3, 0.4) is 0 Å². The number of nitrogens with zero attached hydrogens (tertiary/aromatic N) is 4. The number of halogens is 1. The molecule has 0 unspecified atom stereocenters. The van der Waals surface area contributed by atoms with Gasteiger partial charge in [-0.15, -0.1) is 0 Å². The second-order valence-corrected chi connectivity index (χ2v) is 9.01. The van der Waals surface area contributed by atoms with Crippen LogP contribution in [0.1, 0.15) is 25.2 Å². The zero-order valence-corrected chi connectivity index (χ0v) is 18.3. The summed E-state index contributed by atoms with van der Waals surface area (Å²) in [6.45, 7) is 0.321. The number of hydrogen-bond donors (Lipinski definition) is 0. The molecule has 0 fully saturated rings. The molecule has 2 heterocycles. The number of carbonyl (C=O) groups is 1. The van der Waals surface area contributed by atoms with Crippen molar-refractivity contribution in [2.24, 2.45) is 0 Å². The van der Waals surface area contributed by atoms with Crippen LogP contribution in [-0.2, 0) is 26.0 Å². The maximum atomic E-state index is 13.0. The van der Waals surface area contributed by atoms with Crippen molar-refractivity contribution < 1.29 is 26.9 Å². The van der Waals surface area contributed by atoms with Crippen LogP contribution < -0.4 is 0 Å². The van der Waals surface area contributed by atoms with Crippen molar-refractivity contribution in [3.63, 3.8) is 0 Å². The normalized spacial score (nSPS) is 11.6. The molecule has 0 aliphatic carbocycles. The smallest absolute Gasteiger partial charge is 0.305 e. The number of rotatable bonds is 11. The van der Waals surface area contributed by atoms with E-state index in [1.165, 1.54) is 19.2 Å². The first kappa shape index (κ1) is 23.5. The third kappa shape index (κ3) is 6.41. The van der Waals surface area contributed by atoms with Gasteiger partial charge in [-0.1, -0.05) is 5.16 Å². The van der Waals surface area contributed by atoms with Gasteiger partial charge in [-0.05, 0) is 49.2 Å². The van der Waals surface area contributed by atoms with Gasteiger partial charge in [-0.25, -0.2) is 17.1 Å². The fourth-order valence-corrected chi connectivity index (χ4v) is 4.01. The number of ether oxygens (including phenoxy) is 1. The van der Waals surface area contributed by atoms with Gasteiger partial charge in [0.2, 0.25) is 21.7 Å². The monoisotopic (exact) mass is 462 g/mol. The predicted octanol–water partition coefficient (Wildman–Crippen LogP) is 2.85. The van der Waals surface area contributed by atoms with Gasteiger partial charge in [0.15, 0.2) is 0 Å². The zero-order chi connectivity index (χ0) is 23.0. The first-order valence-corrected chi connectivity index (χ1v) is 11.4. The van der Waals surface area contributed by atoms with Crippen LogP contribution in [0.25, 0.3) is 11.4 Å². The molecule has 3 rings (SSSR count). The van der Waals surface area contributed by atoms with E-state index in [-0.39, 0.29) is 24.5 Å². The number of carbonyl (C=O) groups excluding carboxylic acids is 1. The Bertz CT molecular complexity index is 1120. The lowest BCUT2D eigenvalue weighted by atomic mass is 10.3. The molecule has 0 amide bonds. The molecule has 0 atom stereocenters. The highest BCUT2D eigenvalue weighted by atomic mass is 32.2. The number of sulfonamides is 1. The van der Waals surface area contributed by atoms with Gasteiger partial charge in [-0.3, -0.25) is 9.78 Å². The molecule has 0 spiro atoms. The Morgan fingerprint density at radius 3 is 2.69 bits per heavy atom. The van der Waals surface area contributed by atoms with Crippen molar-refractivity contribution in [3.8, 4) is 11.4 Å². The molecular formula is C21H23FN4O5S. The van der Waals surface area contributed by atoms with E-state index in [1.807, 2.05) is 6.07 Å². The highest BCUT2D eigenvalue weighted by Gasteiger charge is 2.20. The minimum absolute atomic E-state index is 0.00307. The third-order valence-corrected chi connectivity index (χ3v) is 6.43. The molecular weight excluding hydrogens is 439 g/mol. The molecule has 0 aliphatic rings. The molecule has 0 N–H and O–H groups in total. The SMILES string of the molecule is CN(CCCC(=O)OCCCc1nc(-c2cccnc2)no1)S(=O)(=O)c1ccc(F)cc1. The summed E-state index contributed by atoms with van der Waals surface area (Å²) in [5.41, 5.74) is 0.750. The van der Waals surface area contributed by atoms with Gasteiger partial charge in [0.05, 0.1) is 11.5 Å². The number of benzene rings is 1. The van der Waals surface area contributed by atoms with Gasteiger partial charge in [0, 0.05) is 44.4 Å². The molecule has 170 valence electrons. The molecule has 2 aromatic heterocycles. The van der Waals surface area contributed by atoms with Crippen LogP contribution in [0.5, 0.6) is 0 Å². The minimum atomic E-state index is -3.74. The summed E-state index contributed by atoms with van der Waals surface area (Å²) in [4.78, 5) is 20.2. The average Bonchev–Trinajstić information content (AvgIpc) is 3.26. The van der Waals surface area contributed by atoms with Crippen molar-refractivity contribution >= 4 is 16.0 Å². The number of pyridine rings is 1. The molecule has 1 aromatic carbocycles. The predicted molar refractivity (Wildman–Crippen MR) is 112 cm³/mol. The van der Waals surface area contributed by atoms with Crippen molar-refractivity contribution in [3.05, 3.63) is 60.5 Å². The molecule has 32 heavy (non-hydrogen) atoms. The van der Waals surface area contributed by atoms with Crippen molar-refractivity contribution in [1.82, 2.24) is 19.4 Å². The summed E-state index contributed by atoms with van der Waals surface area (Å²) in [5, 5.41) is 3.90. The van der Waals surface area contributed by atoms with Crippen LogP contribution in [0, 0.1) is 5.82 Å². The summed E-state index contributed by atoms with van der Waals surface area (Å²) < 4.78 is 49.3. The van der Waals surface area contributed by atoms with E-state index in [9.17, 15) is 17.6 Å². The minimum Gasteiger partial charge on any atom is -0.466 e. The highest BCUT2D eigenvalue weighted by Crippen LogP contribution is 2.16. The van der Waals surface area contributed by atoms with Gasteiger partial charge < -0.3 is 9.26 Å². The number of aryl methyl sites for hydroxylation is 1. The Balaban J connectivity index is 1.34. The van der Waals surface area contributed by atoms with E-state index in [0.717, 1.165) is 22.0 Å². The number of esters is 1. The van der Waals surface area contributed by atoms with Gasteiger partial charge in [0.1, 0.15) is 5.82 Å². The Hall–Kier alpha value is -3.18. The Morgan fingerprint density at radius 1 is 1.19 bits per heavy atom. The van der Waals surface area contributed by atoms with E-state index < -0.39 is 21.8 Å². The quantitative estimate of drug-likeness (QED) is 0.316. The van der Waals surface area contributed by atoms with Crippen LogP contribution in [0.15, 0.2) is 58.2 Å². The van der Waals surface area contributed by atoms with Crippen LogP contribution in [0.2, 0.25) is 0 Å². The second kappa shape index (κ2) is 10.9. The van der Waals surface area contributed by atoms with Crippen LogP contribution >= 0.6 is 0 Å². The standard InChI is InChI=1S/C21H23FN4O5S/c1-26(32(28,29)18-10-8-17(22)9-11-18)13-3-7-20(27)30-14-4-6-19-24-21(25-31-19)16-5-2-12-23-15-16/h2,5,8-12,15H,3-4,6-7,13-14H2,1H3. The Labute approximate surface area is 185 Å². The fraction of sp³-hybridized carbons (Fsp3) is 0.333. The lowest BCUT2D eigenvalue weighted by Crippen LogP contribution is -2.28. The lowest BCUT2D eigenvalue weighted by molar-refractivity contribution is -0.143. The maximum absolute atomic E-state index is 13.0. The topological polar surface area (TPSA) is 115 Å². The van der Waals surface area contributed by atoms with E-state index in [0.29, 0.717) is 31.0 Å².